The predicted octanol–water partition coefficient (Wildman–Crippen LogP) is 3.06. The van der Waals surface area contributed by atoms with Crippen LogP contribution in [0.3, 0.4) is 0 Å². The van der Waals surface area contributed by atoms with Crippen LogP contribution in [0.5, 0.6) is 0 Å². The van der Waals surface area contributed by atoms with Gasteiger partial charge in [0.05, 0.1) is 5.69 Å². The van der Waals surface area contributed by atoms with Gasteiger partial charge in [-0.3, -0.25) is 9.67 Å². The lowest BCUT2D eigenvalue weighted by molar-refractivity contribution is 0.472. The highest BCUT2D eigenvalue weighted by Crippen LogP contribution is 2.28. The van der Waals surface area contributed by atoms with Crippen molar-refractivity contribution in [2.45, 2.75) is 65.3 Å². The second-order valence-corrected chi connectivity index (χ2v) is 6.77. The van der Waals surface area contributed by atoms with Crippen LogP contribution in [0.15, 0.2) is 4.99 Å². The van der Waals surface area contributed by atoms with Crippen LogP contribution in [0.25, 0.3) is 0 Å². The third-order valence-electron chi connectivity index (χ3n) is 5.12. The molecule has 1 aliphatic rings. The van der Waals surface area contributed by atoms with Crippen LogP contribution in [0.4, 0.5) is 0 Å². The zero-order chi connectivity index (χ0) is 16.7. The van der Waals surface area contributed by atoms with E-state index in [2.05, 4.69) is 34.6 Å². The molecule has 0 spiro atoms. The molecule has 2 rings (SSSR count). The van der Waals surface area contributed by atoms with Gasteiger partial charge in [-0.05, 0) is 26.2 Å². The number of hydrogen-bond donors (Lipinski definition) is 2. The summed E-state index contributed by atoms with van der Waals surface area (Å²) in [4.78, 5) is 4.31. The average Bonchev–Trinajstić information content (AvgIpc) is 3.13. The maximum Gasteiger partial charge on any atom is 0.191 e. The predicted molar refractivity (Wildman–Crippen MR) is 96.7 cm³/mol. The molecule has 2 N–H and O–H groups in total. The minimum Gasteiger partial charge on any atom is -0.356 e. The van der Waals surface area contributed by atoms with Gasteiger partial charge in [0.2, 0.25) is 0 Å². The zero-order valence-electron chi connectivity index (χ0n) is 15.3. The molecule has 5 nitrogen and oxygen atoms in total. The summed E-state index contributed by atoms with van der Waals surface area (Å²) >= 11 is 0. The third kappa shape index (κ3) is 5.26. The standard InChI is InChI=1S/C18H33N5/c1-14-17(15(2)23(4)22-14)13-21-18(19-3)20-12-8-7-11-16-9-5-6-10-16/h16H,5-13H2,1-4H3,(H2,19,20,21). The van der Waals surface area contributed by atoms with Gasteiger partial charge in [0, 0.05) is 38.4 Å². The summed E-state index contributed by atoms with van der Waals surface area (Å²) in [7, 11) is 3.82. The summed E-state index contributed by atoms with van der Waals surface area (Å²) in [6.45, 7) is 5.93. The van der Waals surface area contributed by atoms with Gasteiger partial charge in [0.25, 0.3) is 0 Å². The average molecular weight is 319 g/mol. The first-order chi connectivity index (χ1) is 11.1. The first kappa shape index (κ1) is 17.8. The number of nitrogens with zero attached hydrogens (tertiary/aromatic N) is 3. The molecule has 0 radical (unpaired) electrons. The van der Waals surface area contributed by atoms with Gasteiger partial charge in [0.1, 0.15) is 0 Å². The van der Waals surface area contributed by atoms with E-state index in [1.807, 2.05) is 18.8 Å². The number of unbranched alkanes of at least 4 members (excludes halogenated alkanes) is 1. The van der Waals surface area contributed by atoms with E-state index in [4.69, 9.17) is 0 Å². The Labute approximate surface area is 141 Å². The molecule has 0 aromatic carbocycles. The number of nitrogens with one attached hydrogen (secondary N) is 2. The van der Waals surface area contributed by atoms with Crippen LogP contribution in [0.1, 0.15) is 61.9 Å². The van der Waals surface area contributed by atoms with Gasteiger partial charge in [-0.25, -0.2) is 0 Å². The molecule has 130 valence electrons. The molecule has 0 bridgehead atoms. The number of hydrogen-bond acceptors (Lipinski definition) is 2. The smallest absolute Gasteiger partial charge is 0.191 e. The van der Waals surface area contributed by atoms with Crippen molar-refractivity contribution >= 4 is 5.96 Å². The van der Waals surface area contributed by atoms with Crippen LogP contribution in [0, 0.1) is 19.8 Å². The highest BCUT2D eigenvalue weighted by atomic mass is 15.3. The molecule has 1 aliphatic carbocycles. The van der Waals surface area contributed by atoms with Gasteiger partial charge in [-0.15, -0.1) is 0 Å². The quantitative estimate of drug-likeness (QED) is 0.461. The topological polar surface area (TPSA) is 54.2 Å². The maximum atomic E-state index is 4.45. The van der Waals surface area contributed by atoms with Crippen molar-refractivity contribution in [1.82, 2.24) is 20.4 Å². The van der Waals surface area contributed by atoms with Crippen molar-refractivity contribution in [2.24, 2.45) is 18.0 Å². The second kappa shape index (κ2) is 8.94. The van der Waals surface area contributed by atoms with E-state index < -0.39 is 0 Å². The van der Waals surface area contributed by atoms with E-state index >= 15 is 0 Å². The molecule has 1 heterocycles. The number of aliphatic imine (C=N–C) groups is 1. The molecule has 0 amide bonds. The zero-order valence-corrected chi connectivity index (χ0v) is 15.3. The van der Waals surface area contributed by atoms with Crippen molar-refractivity contribution in [3.63, 3.8) is 0 Å². The number of aromatic nitrogens is 2. The molecular formula is C18H33N5. The van der Waals surface area contributed by atoms with Gasteiger partial charge in [-0.1, -0.05) is 38.5 Å². The van der Waals surface area contributed by atoms with Crippen LogP contribution < -0.4 is 10.6 Å². The second-order valence-electron chi connectivity index (χ2n) is 6.77. The molecule has 5 heteroatoms. The lowest BCUT2D eigenvalue weighted by Crippen LogP contribution is -2.37. The van der Waals surface area contributed by atoms with Crippen LogP contribution in [-0.2, 0) is 13.6 Å². The SMILES string of the molecule is CN=C(NCCCCC1CCCC1)NCc1c(C)nn(C)c1C. The molecule has 1 fully saturated rings. The minimum atomic E-state index is 0.771. The highest BCUT2D eigenvalue weighted by molar-refractivity contribution is 5.79. The van der Waals surface area contributed by atoms with E-state index in [1.165, 1.54) is 56.2 Å². The summed E-state index contributed by atoms with van der Waals surface area (Å²) in [5, 5.41) is 11.3. The third-order valence-corrected chi connectivity index (χ3v) is 5.12. The van der Waals surface area contributed by atoms with E-state index in [9.17, 15) is 0 Å². The lowest BCUT2D eigenvalue weighted by atomic mass is 10.0. The Morgan fingerprint density at radius 2 is 1.96 bits per heavy atom. The van der Waals surface area contributed by atoms with Gasteiger partial charge in [-0.2, -0.15) is 5.10 Å². The van der Waals surface area contributed by atoms with E-state index in [0.29, 0.717) is 0 Å². The lowest BCUT2D eigenvalue weighted by Gasteiger charge is -2.13. The van der Waals surface area contributed by atoms with E-state index in [-0.39, 0.29) is 0 Å². The van der Waals surface area contributed by atoms with Crippen molar-refractivity contribution < 1.29 is 0 Å². The Morgan fingerprint density at radius 3 is 2.57 bits per heavy atom. The van der Waals surface area contributed by atoms with Crippen molar-refractivity contribution in [2.75, 3.05) is 13.6 Å². The summed E-state index contributed by atoms with van der Waals surface area (Å²) in [5.74, 6) is 1.89. The monoisotopic (exact) mass is 319 g/mol. The first-order valence-corrected chi connectivity index (χ1v) is 9.05. The van der Waals surface area contributed by atoms with E-state index in [1.54, 1.807) is 0 Å². The summed E-state index contributed by atoms with van der Waals surface area (Å²) in [6, 6.07) is 0. The molecule has 1 aromatic rings. The Bertz CT molecular complexity index is 512. The minimum absolute atomic E-state index is 0.771. The molecule has 1 saturated carbocycles. The molecular weight excluding hydrogens is 286 g/mol. The van der Waals surface area contributed by atoms with Crippen molar-refractivity contribution in [3.8, 4) is 0 Å². The molecule has 23 heavy (non-hydrogen) atoms. The van der Waals surface area contributed by atoms with Crippen molar-refractivity contribution in [1.29, 1.82) is 0 Å². The maximum absolute atomic E-state index is 4.45. The van der Waals surface area contributed by atoms with Crippen LogP contribution in [-0.4, -0.2) is 29.3 Å². The number of guanidine groups is 1. The fraction of sp³-hybridized carbons (Fsp3) is 0.778. The molecule has 0 unspecified atom stereocenters. The highest BCUT2D eigenvalue weighted by Gasteiger charge is 2.14. The van der Waals surface area contributed by atoms with Crippen LogP contribution >= 0.6 is 0 Å². The van der Waals surface area contributed by atoms with Crippen molar-refractivity contribution in [3.05, 3.63) is 17.0 Å². The summed E-state index contributed by atoms with van der Waals surface area (Å²) in [5.41, 5.74) is 3.56. The van der Waals surface area contributed by atoms with E-state index in [0.717, 1.165) is 30.7 Å². The fourth-order valence-corrected chi connectivity index (χ4v) is 3.53. The largest absolute Gasteiger partial charge is 0.356 e. The Balaban J connectivity index is 1.65. The Morgan fingerprint density at radius 1 is 1.22 bits per heavy atom. The number of aryl methyl sites for hydroxylation is 2. The Hall–Kier alpha value is -1.52. The fourth-order valence-electron chi connectivity index (χ4n) is 3.53. The molecule has 0 aliphatic heterocycles. The Kier molecular flexibility index (Phi) is 6.93. The molecule has 1 aromatic heterocycles. The summed E-state index contributed by atoms with van der Waals surface area (Å²) < 4.78 is 1.94. The van der Waals surface area contributed by atoms with Crippen LogP contribution in [0.2, 0.25) is 0 Å². The van der Waals surface area contributed by atoms with Gasteiger partial charge >= 0.3 is 0 Å². The summed E-state index contributed by atoms with van der Waals surface area (Å²) in [6.07, 6.45) is 9.78. The number of rotatable bonds is 7. The normalized spacial score (nSPS) is 16.1. The van der Waals surface area contributed by atoms with Gasteiger partial charge in [0.15, 0.2) is 5.96 Å². The molecule has 0 saturated heterocycles. The molecule has 0 atom stereocenters. The van der Waals surface area contributed by atoms with Gasteiger partial charge < -0.3 is 10.6 Å². The first-order valence-electron chi connectivity index (χ1n) is 9.05.